The van der Waals surface area contributed by atoms with Gasteiger partial charge in [0.15, 0.2) is 8.68 Å². The molecule has 2 heterocycles. The average molecular weight is 399 g/mol. The first-order chi connectivity index (χ1) is 11.6. The van der Waals surface area contributed by atoms with Crippen molar-refractivity contribution in [1.29, 1.82) is 0 Å². The van der Waals surface area contributed by atoms with Crippen LogP contribution in [0, 0.1) is 0 Å². The minimum atomic E-state index is -0.373. The van der Waals surface area contributed by atoms with E-state index in [-0.39, 0.29) is 11.7 Å². The molecule has 124 valence electrons. The standard InChI is InChI=1S/C14H11ClN4O2S3/c15-9-3-1-8(2-4-9)12-17-10(5-21-12)6-22-13-18-19-14(24-13)23-7-11(16)20/h1-5H,6-7H2,(H2,16,20). The Bertz CT molecular complexity index is 835. The molecule has 1 amide bonds. The highest BCUT2D eigenvalue weighted by Crippen LogP contribution is 2.31. The van der Waals surface area contributed by atoms with E-state index >= 15 is 0 Å². The van der Waals surface area contributed by atoms with Gasteiger partial charge in [0, 0.05) is 16.3 Å². The molecule has 0 unspecified atom stereocenters. The van der Waals surface area contributed by atoms with Gasteiger partial charge in [0.1, 0.15) is 6.26 Å². The third-order valence-electron chi connectivity index (χ3n) is 2.71. The van der Waals surface area contributed by atoms with Crippen molar-refractivity contribution in [2.75, 3.05) is 5.75 Å². The number of nitrogens with zero attached hydrogens (tertiary/aromatic N) is 3. The SMILES string of the molecule is NC(=O)CSc1nnc(SCc2coc(-c3ccc(Cl)cc3)n2)s1. The van der Waals surface area contributed by atoms with E-state index < -0.39 is 0 Å². The van der Waals surface area contributed by atoms with E-state index in [1.807, 2.05) is 12.1 Å². The van der Waals surface area contributed by atoms with Crippen molar-refractivity contribution < 1.29 is 9.21 Å². The molecular formula is C14H11ClN4O2S3. The van der Waals surface area contributed by atoms with Crippen molar-refractivity contribution >= 4 is 52.4 Å². The molecule has 2 N–H and O–H groups in total. The molecule has 0 aliphatic rings. The van der Waals surface area contributed by atoms with Gasteiger partial charge in [-0.1, -0.05) is 46.5 Å². The molecule has 24 heavy (non-hydrogen) atoms. The van der Waals surface area contributed by atoms with Crippen molar-refractivity contribution in [2.45, 2.75) is 14.4 Å². The van der Waals surface area contributed by atoms with Crippen LogP contribution in [0.25, 0.3) is 11.5 Å². The Labute approximate surface area is 155 Å². The summed E-state index contributed by atoms with van der Waals surface area (Å²) in [6.07, 6.45) is 1.63. The summed E-state index contributed by atoms with van der Waals surface area (Å²) in [5.41, 5.74) is 6.79. The van der Waals surface area contributed by atoms with Crippen LogP contribution in [0.4, 0.5) is 0 Å². The van der Waals surface area contributed by atoms with Crippen LogP contribution in [-0.4, -0.2) is 26.8 Å². The lowest BCUT2D eigenvalue weighted by Gasteiger charge is -1.94. The third kappa shape index (κ3) is 4.73. The summed E-state index contributed by atoms with van der Waals surface area (Å²) in [5.74, 6) is 0.998. The third-order valence-corrected chi connectivity index (χ3v) is 6.21. The molecule has 0 aliphatic carbocycles. The minimum Gasteiger partial charge on any atom is -0.444 e. The maximum absolute atomic E-state index is 10.8. The number of aromatic nitrogens is 3. The number of thioether (sulfide) groups is 2. The molecular weight excluding hydrogens is 388 g/mol. The van der Waals surface area contributed by atoms with Gasteiger partial charge in [0.05, 0.1) is 11.4 Å². The van der Waals surface area contributed by atoms with E-state index in [1.54, 1.807) is 18.4 Å². The molecule has 0 fully saturated rings. The lowest BCUT2D eigenvalue weighted by molar-refractivity contribution is -0.115. The van der Waals surface area contributed by atoms with Gasteiger partial charge in [-0.15, -0.1) is 10.2 Å². The van der Waals surface area contributed by atoms with Crippen molar-refractivity contribution in [3.8, 4) is 11.5 Å². The largest absolute Gasteiger partial charge is 0.444 e. The van der Waals surface area contributed by atoms with Crippen LogP contribution in [0.5, 0.6) is 0 Å². The second-order valence-electron chi connectivity index (χ2n) is 4.53. The number of hydrogen-bond donors (Lipinski definition) is 1. The first-order valence-corrected chi connectivity index (χ1v) is 9.84. The number of hydrogen-bond acceptors (Lipinski definition) is 8. The lowest BCUT2D eigenvalue weighted by Crippen LogP contribution is -2.12. The van der Waals surface area contributed by atoms with Crippen LogP contribution < -0.4 is 5.73 Å². The smallest absolute Gasteiger partial charge is 0.227 e. The van der Waals surface area contributed by atoms with Gasteiger partial charge in [-0.2, -0.15) is 0 Å². The van der Waals surface area contributed by atoms with E-state index in [2.05, 4.69) is 15.2 Å². The van der Waals surface area contributed by atoms with Crippen LogP contribution >= 0.6 is 46.5 Å². The van der Waals surface area contributed by atoms with E-state index in [4.69, 9.17) is 21.8 Å². The number of carbonyl (C=O) groups excluding carboxylic acids is 1. The summed E-state index contributed by atoms with van der Waals surface area (Å²) in [4.78, 5) is 15.2. The molecule has 2 aromatic heterocycles. The molecule has 0 atom stereocenters. The topological polar surface area (TPSA) is 94.9 Å². The van der Waals surface area contributed by atoms with Crippen LogP contribution in [0.3, 0.4) is 0 Å². The maximum atomic E-state index is 10.8. The van der Waals surface area contributed by atoms with Crippen molar-refractivity contribution in [3.05, 3.63) is 41.2 Å². The number of carbonyl (C=O) groups is 1. The summed E-state index contributed by atoms with van der Waals surface area (Å²) in [6.45, 7) is 0. The zero-order valence-electron chi connectivity index (χ0n) is 12.1. The predicted molar refractivity (Wildman–Crippen MR) is 96.3 cm³/mol. The highest BCUT2D eigenvalue weighted by Gasteiger charge is 2.10. The van der Waals surface area contributed by atoms with Gasteiger partial charge in [0.25, 0.3) is 0 Å². The fraction of sp³-hybridized carbons (Fsp3) is 0.143. The Balaban J connectivity index is 1.57. The number of halogens is 1. The molecule has 0 saturated heterocycles. The highest BCUT2D eigenvalue weighted by molar-refractivity contribution is 8.03. The van der Waals surface area contributed by atoms with Gasteiger partial charge in [0.2, 0.25) is 11.8 Å². The first-order valence-electron chi connectivity index (χ1n) is 6.68. The molecule has 0 saturated carbocycles. The molecule has 0 bridgehead atoms. The molecule has 0 radical (unpaired) electrons. The van der Waals surface area contributed by atoms with Crippen molar-refractivity contribution in [3.63, 3.8) is 0 Å². The van der Waals surface area contributed by atoms with Gasteiger partial charge in [-0.3, -0.25) is 4.79 Å². The quantitative estimate of drug-likeness (QED) is 0.606. The Hall–Kier alpha value is -1.55. The molecule has 1 aromatic carbocycles. The first kappa shape index (κ1) is 17.3. The van der Waals surface area contributed by atoms with E-state index in [0.717, 1.165) is 19.9 Å². The van der Waals surface area contributed by atoms with E-state index in [0.29, 0.717) is 16.7 Å². The van der Waals surface area contributed by atoms with Crippen LogP contribution in [0.1, 0.15) is 5.69 Å². The summed E-state index contributed by atoms with van der Waals surface area (Å²) in [6, 6.07) is 7.31. The zero-order valence-corrected chi connectivity index (χ0v) is 15.3. The summed E-state index contributed by atoms with van der Waals surface area (Å²) in [7, 11) is 0. The number of amides is 1. The number of oxazole rings is 1. The Morgan fingerprint density at radius 1 is 1.21 bits per heavy atom. The fourth-order valence-electron chi connectivity index (χ4n) is 1.68. The van der Waals surface area contributed by atoms with Gasteiger partial charge >= 0.3 is 0 Å². The highest BCUT2D eigenvalue weighted by atomic mass is 35.5. The summed E-state index contributed by atoms with van der Waals surface area (Å²) < 4.78 is 7.02. The van der Waals surface area contributed by atoms with E-state index in [9.17, 15) is 4.79 Å². The second-order valence-corrected chi connectivity index (χ2v) is 8.39. The van der Waals surface area contributed by atoms with Crippen molar-refractivity contribution in [2.24, 2.45) is 5.73 Å². The van der Waals surface area contributed by atoms with Crippen molar-refractivity contribution in [1.82, 2.24) is 15.2 Å². The van der Waals surface area contributed by atoms with Crippen LogP contribution in [0.15, 0.2) is 43.6 Å². The fourth-order valence-corrected chi connectivity index (χ4v) is 4.44. The molecule has 10 heteroatoms. The Morgan fingerprint density at radius 2 is 1.92 bits per heavy atom. The molecule has 0 spiro atoms. The maximum Gasteiger partial charge on any atom is 0.227 e. The van der Waals surface area contributed by atoms with Gasteiger partial charge in [-0.25, -0.2) is 4.98 Å². The zero-order chi connectivity index (χ0) is 16.9. The van der Waals surface area contributed by atoms with Gasteiger partial charge in [-0.05, 0) is 24.3 Å². The normalized spacial score (nSPS) is 10.9. The molecule has 6 nitrogen and oxygen atoms in total. The summed E-state index contributed by atoms with van der Waals surface area (Å²) in [5, 5.41) is 8.75. The molecule has 0 aliphatic heterocycles. The molecule has 3 rings (SSSR count). The second kappa shape index (κ2) is 8.02. The number of primary amides is 1. The lowest BCUT2D eigenvalue weighted by atomic mass is 10.2. The van der Waals surface area contributed by atoms with E-state index in [1.165, 1.54) is 34.9 Å². The minimum absolute atomic E-state index is 0.201. The predicted octanol–water partition coefficient (Wildman–Crippen LogP) is 3.72. The van der Waals surface area contributed by atoms with Crippen LogP contribution in [0.2, 0.25) is 5.02 Å². The summed E-state index contributed by atoms with van der Waals surface area (Å²) >= 11 is 10.1. The average Bonchev–Trinajstić information content (AvgIpc) is 3.21. The Kier molecular flexibility index (Phi) is 5.77. The number of benzene rings is 1. The monoisotopic (exact) mass is 398 g/mol. The number of nitrogens with two attached hydrogens (primary N) is 1. The molecule has 3 aromatic rings. The van der Waals surface area contributed by atoms with Crippen LogP contribution in [-0.2, 0) is 10.5 Å². The number of rotatable bonds is 7. The van der Waals surface area contributed by atoms with Gasteiger partial charge < -0.3 is 10.2 Å². The Morgan fingerprint density at radius 3 is 2.62 bits per heavy atom.